The summed E-state index contributed by atoms with van der Waals surface area (Å²) in [5.74, 6) is -0.172. The first kappa shape index (κ1) is 15.1. The molecule has 1 unspecified atom stereocenters. The van der Waals surface area contributed by atoms with Crippen molar-refractivity contribution in [1.82, 2.24) is 0 Å². The maximum atomic E-state index is 14.1. The minimum absolute atomic E-state index is 0.212. The molecule has 0 aliphatic heterocycles. The first-order valence-electron chi connectivity index (χ1n) is 6.05. The lowest BCUT2D eigenvalue weighted by atomic mass is 9.99. The van der Waals surface area contributed by atoms with Crippen LogP contribution in [-0.2, 0) is 6.42 Å². The van der Waals surface area contributed by atoms with E-state index in [-0.39, 0.29) is 17.6 Å². The number of benzene rings is 2. The van der Waals surface area contributed by atoms with E-state index in [0.717, 1.165) is 5.56 Å². The van der Waals surface area contributed by atoms with Crippen molar-refractivity contribution in [2.45, 2.75) is 12.5 Å². The molecule has 2 nitrogen and oxygen atoms in total. The van der Waals surface area contributed by atoms with Crippen LogP contribution in [0.25, 0.3) is 0 Å². The molecule has 2 N–H and O–H groups in total. The summed E-state index contributed by atoms with van der Waals surface area (Å²) >= 11 is 11.8. The van der Waals surface area contributed by atoms with Crippen LogP contribution >= 0.6 is 23.2 Å². The summed E-state index contributed by atoms with van der Waals surface area (Å²) < 4.78 is 19.0. The lowest BCUT2D eigenvalue weighted by Crippen LogP contribution is -2.14. The number of hydrogen-bond donors (Lipinski definition) is 1. The first-order chi connectivity index (χ1) is 9.52. The molecular formula is C15H14Cl2FNO. The van der Waals surface area contributed by atoms with Crippen molar-refractivity contribution in [3.05, 3.63) is 63.4 Å². The second-order valence-electron chi connectivity index (χ2n) is 4.42. The van der Waals surface area contributed by atoms with Gasteiger partial charge >= 0.3 is 0 Å². The summed E-state index contributed by atoms with van der Waals surface area (Å²) in [4.78, 5) is 0. The Labute approximate surface area is 127 Å². The third-order valence-corrected chi connectivity index (χ3v) is 3.81. The minimum atomic E-state index is -0.384. The van der Waals surface area contributed by atoms with Crippen LogP contribution in [0, 0.1) is 5.82 Å². The molecule has 0 bridgehead atoms. The molecule has 0 heterocycles. The molecule has 0 aromatic heterocycles. The lowest BCUT2D eigenvalue weighted by Gasteiger charge is -2.14. The van der Waals surface area contributed by atoms with Gasteiger partial charge in [-0.3, -0.25) is 0 Å². The predicted molar refractivity (Wildman–Crippen MR) is 80.0 cm³/mol. The number of hydrogen-bond acceptors (Lipinski definition) is 2. The zero-order valence-corrected chi connectivity index (χ0v) is 12.4. The summed E-state index contributed by atoms with van der Waals surface area (Å²) in [7, 11) is 1.43. The quantitative estimate of drug-likeness (QED) is 0.909. The van der Waals surface area contributed by atoms with Crippen LogP contribution in [0.5, 0.6) is 5.75 Å². The van der Waals surface area contributed by atoms with Crippen molar-refractivity contribution in [2.75, 3.05) is 7.11 Å². The fraction of sp³-hybridized carbons (Fsp3) is 0.200. The number of halogens is 3. The Bertz CT molecular complexity index is 619. The zero-order chi connectivity index (χ0) is 14.7. The van der Waals surface area contributed by atoms with E-state index in [1.54, 1.807) is 36.4 Å². The van der Waals surface area contributed by atoms with E-state index < -0.39 is 0 Å². The van der Waals surface area contributed by atoms with Crippen LogP contribution in [0.2, 0.25) is 10.0 Å². The van der Waals surface area contributed by atoms with E-state index in [0.29, 0.717) is 22.0 Å². The first-order valence-corrected chi connectivity index (χ1v) is 6.80. The van der Waals surface area contributed by atoms with Crippen molar-refractivity contribution in [1.29, 1.82) is 0 Å². The Morgan fingerprint density at radius 2 is 1.95 bits per heavy atom. The number of rotatable bonds is 4. The number of methoxy groups -OCH3 is 1. The molecule has 2 aromatic carbocycles. The van der Waals surface area contributed by atoms with Gasteiger partial charge in [-0.15, -0.1) is 0 Å². The summed E-state index contributed by atoms with van der Waals surface area (Å²) in [6.45, 7) is 0. The average Bonchev–Trinajstić information content (AvgIpc) is 2.44. The molecule has 0 saturated carbocycles. The lowest BCUT2D eigenvalue weighted by molar-refractivity contribution is 0.383. The van der Waals surface area contributed by atoms with Crippen molar-refractivity contribution < 1.29 is 9.13 Å². The van der Waals surface area contributed by atoms with Crippen LogP contribution in [0.1, 0.15) is 17.2 Å². The SMILES string of the molecule is COc1cccc(CC(N)c2ccc(Cl)c(Cl)c2)c1F. The van der Waals surface area contributed by atoms with Crippen molar-refractivity contribution in [2.24, 2.45) is 5.73 Å². The summed E-state index contributed by atoms with van der Waals surface area (Å²) in [5.41, 5.74) is 7.41. The summed E-state index contributed by atoms with van der Waals surface area (Å²) in [6.07, 6.45) is 0.348. The Balaban J connectivity index is 2.23. The van der Waals surface area contributed by atoms with Crippen LogP contribution in [-0.4, -0.2) is 7.11 Å². The fourth-order valence-corrected chi connectivity index (χ4v) is 2.28. The van der Waals surface area contributed by atoms with Gasteiger partial charge in [0.2, 0.25) is 0 Å². The maximum Gasteiger partial charge on any atom is 0.168 e. The molecule has 1 atom stereocenters. The van der Waals surface area contributed by atoms with E-state index in [9.17, 15) is 4.39 Å². The highest BCUT2D eigenvalue weighted by molar-refractivity contribution is 6.42. The van der Waals surface area contributed by atoms with Gasteiger partial charge in [0, 0.05) is 6.04 Å². The van der Waals surface area contributed by atoms with E-state index >= 15 is 0 Å². The van der Waals surface area contributed by atoms with Gasteiger partial charge < -0.3 is 10.5 Å². The predicted octanol–water partition coefficient (Wildman–Crippen LogP) is 4.38. The molecule has 106 valence electrons. The standard InChI is InChI=1S/C15H14Cl2FNO/c1-20-14-4-2-3-10(15(14)18)8-13(19)9-5-6-11(16)12(17)7-9/h2-7,13H,8,19H2,1H3. The molecule has 0 aliphatic carbocycles. The molecule has 0 amide bonds. The Morgan fingerprint density at radius 1 is 1.20 bits per heavy atom. The third-order valence-electron chi connectivity index (χ3n) is 3.07. The Kier molecular flexibility index (Phi) is 4.86. The second kappa shape index (κ2) is 6.44. The minimum Gasteiger partial charge on any atom is -0.494 e. The average molecular weight is 314 g/mol. The Hall–Kier alpha value is -1.29. The van der Waals surface area contributed by atoms with E-state index in [1.807, 2.05) is 0 Å². The largest absolute Gasteiger partial charge is 0.494 e. The maximum absolute atomic E-state index is 14.1. The molecule has 5 heteroatoms. The van der Waals surface area contributed by atoms with Crippen molar-refractivity contribution in [3.63, 3.8) is 0 Å². The van der Waals surface area contributed by atoms with Gasteiger partial charge in [0.25, 0.3) is 0 Å². The van der Waals surface area contributed by atoms with Gasteiger partial charge in [-0.05, 0) is 35.7 Å². The molecule has 0 aliphatic rings. The molecular weight excluding hydrogens is 300 g/mol. The highest BCUT2D eigenvalue weighted by Gasteiger charge is 2.14. The molecule has 2 rings (SSSR count). The van der Waals surface area contributed by atoms with Crippen LogP contribution < -0.4 is 10.5 Å². The van der Waals surface area contributed by atoms with Gasteiger partial charge in [-0.25, -0.2) is 4.39 Å². The van der Waals surface area contributed by atoms with Crippen molar-refractivity contribution >= 4 is 23.2 Å². The normalized spacial score (nSPS) is 12.2. The zero-order valence-electron chi connectivity index (χ0n) is 10.9. The smallest absolute Gasteiger partial charge is 0.168 e. The Morgan fingerprint density at radius 3 is 2.60 bits per heavy atom. The highest BCUT2D eigenvalue weighted by atomic mass is 35.5. The number of ether oxygens (including phenoxy) is 1. The molecule has 2 aromatic rings. The van der Waals surface area contributed by atoms with Gasteiger partial charge in [-0.1, -0.05) is 41.4 Å². The van der Waals surface area contributed by atoms with Gasteiger partial charge in [0.15, 0.2) is 11.6 Å². The molecule has 0 radical (unpaired) electrons. The monoisotopic (exact) mass is 313 g/mol. The van der Waals surface area contributed by atoms with E-state index in [4.69, 9.17) is 33.7 Å². The van der Waals surface area contributed by atoms with Crippen LogP contribution in [0.4, 0.5) is 4.39 Å². The summed E-state index contributed by atoms with van der Waals surface area (Å²) in [6, 6.07) is 9.80. The van der Waals surface area contributed by atoms with Crippen LogP contribution in [0.15, 0.2) is 36.4 Å². The fourth-order valence-electron chi connectivity index (χ4n) is 1.97. The summed E-state index contributed by atoms with van der Waals surface area (Å²) in [5, 5.41) is 0.904. The van der Waals surface area contributed by atoms with Gasteiger partial charge in [0.05, 0.1) is 17.2 Å². The van der Waals surface area contributed by atoms with Gasteiger partial charge in [0.1, 0.15) is 0 Å². The molecule has 0 saturated heterocycles. The van der Waals surface area contributed by atoms with E-state index in [2.05, 4.69) is 0 Å². The topological polar surface area (TPSA) is 35.2 Å². The third kappa shape index (κ3) is 3.23. The van der Waals surface area contributed by atoms with Gasteiger partial charge in [-0.2, -0.15) is 0 Å². The molecule has 0 spiro atoms. The number of nitrogens with two attached hydrogens (primary N) is 1. The molecule has 0 fully saturated rings. The van der Waals surface area contributed by atoms with E-state index in [1.165, 1.54) is 7.11 Å². The highest BCUT2D eigenvalue weighted by Crippen LogP contribution is 2.28. The van der Waals surface area contributed by atoms with Crippen LogP contribution in [0.3, 0.4) is 0 Å². The van der Waals surface area contributed by atoms with Crippen molar-refractivity contribution in [3.8, 4) is 5.75 Å². The second-order valence-corrected chi connectivity index (χ2v) is 5.23. The molecule has 20 heavy (non-hydrogen) atoms.